The van der Waals surface area contributed by atoms with Crippen LogP contribution in [0.15, 0.2) is 0 Å². The fraction of sp³-hybridized carbons (Fsp3) is 0.917. The number of esters is 4. The number of rotatable bonds is 48. The lowest BCUT2D eigenvalue weighted by atomic mass is 10.00. The summed E-state index contributed by atoms with van der Waals surface area (Å²) < 4.78 is 66.8. The molecule has 3 N–H and O–H groups in total. The van der Waals surface area contributed by atoms with Crippen LogP contribution in [0.2, 0.25) is 0 Å². The Bertz CT molecular complexity index is 1350. The minimum Gasteiger partial charge on any atom is -0.462 e. The van der Waals surface area contributed by atoms with E-state index in [1.807, 2.05) is 0 Å². The van der Waals surface area contributed by atoms with Crippen LogP contribution in [0.4, 0.5) is 0 Å². The number of carbonyl (C=O) groups excluding carboxylic acids is 4. The van der Waals surface area contributed by atoms with Crippen molar-refractivity contribution in [3.63, 3.8) is 0 Å². The van der Waals surface area contributed by atoms with Gasteiger partial charge in [-0.1, -0.05) is 169 Å². The quantitative estimate of drug-likeness (QED) is 0.0222. The molecule has 0 bridgehead atoms. The molecule has 67 heavy (non-hydrogen) atoms. The normalized spacial score (nSPS) is 15.2. The van der Waals surface area contributed by atoms with Gasteiger partial charge in [0.2, 0.25) is 0 Å². The van der Waals surface area contributed by atoms with E-state index in [2.05, 4.69) is 34.6 Å². The molecule has 0 saturated heterocycles. The van der Waals surface area contributed by atoms with Crippen molar-refractivity contribution < 1.29 is 80.2 Å². The maximum atomic E-state index is 12.8. The highest BCUT2D eigenvalue weighted by molar-refractivity contribution is 7.47. The highest BCUT2D eigenvalue weighted by Gasteiger charge is 2.30. The van der Waals surface area contributed by atoms with Gasteiger partial charge in [-0.05, 0) is 31.6 Å². The van der Waals surface area contributed by atoms with Gasteiger partial charge >= 0.3 is 39.5 Å². The van der Waals surface area contributed by atoms with Crippen LogP contribution in [-0.2, 0) is 65.4 Å². The maximum Gasteiger partial charge on any atom is 0.472 e. The number of hydrogen-bond acceptors (Lipinski definition) is 15. The van der Waals surface area contributed by atoms with E-state index in [-0.39, 0.29) is 25.7 Å². The zero-order chi connectivity index (χ0) is 50.0. The first-order valence-electron chi connectivity index (χ1n) is 25.7. The predicted octanol–water partition coefficient (Wildman–Crippen LogP) is 11.6. The monoisotopic (exact) mass is 1000 g/mol. The van der Waals surface area contributed by atoms with Crippen LogP contribution in [0.3, 0.4) is 0 Å². The average Bonchev–Trinajstić information content (AvgIpc) is 3.29. The predicted molar refractivity (Wildman–Crippen MR) is 257 cm³/mol. The Morgan fingerprint density at radius 2 is 0.716 bits per heavy atom. The van der Waals surface area contributed by atoms with Crippen LogP contribution in [0.25, 0.3) is 0 Å². The summed E-state index contributed by atoms with van der Waals surface area (Å²) in [5, 5.41) is 10.4. The smallest absolute Gasteiger partial charge is 0.462 e. The summed E-state index contributed by atoms with van der Waals surface area (Å²) >= 11 is 0. The molecule has 17 nitrogen and oxygen atoms in total. The third-order valence-corrected chi connectivity index (χ3v) is 13.0. The summed E-state index contributed by atoms with van der Waals surface area (Å²) in [5.41, 5.74) is 0. The van der Waals surface area contributed by atoms with Crippen molar-refractivity contribution in [2.24, 2.45) is 5.92 Å². The first-order chi connectivity index (χ1) is 32.1. The highest BCUT2D eigenvalue weighted by Crippen LogP contribution is 2.45. The molecule has 396 valence electrons. The highest BCUT2D eigenvalue weighted by atomic mass is 31.2. The summed E-state index contributed by atoms with van der Waals surface area (Å²) in [4.78, 5) is 70.8. The largest absolute Gasteiger partial charge is 0.472 e. The lowest BCUT2D eigenvalue weighted by Gasteiger charge is -2.21. The van der Waals surface area contributed by atoms with Gasteiger partial charge in [-0.3, -0.25) is 37.3 Å². The van der Waals surface area contributed by atoms with Gasteiger partial charge in [0.15, 0.2) is 12.2 Å². The summed E-state index contributed by atoms with van der Waals surface area (Å²) in [6.07, 6.45) is 20.7. The van der Waals surface area contributed by atoms with Crippen LogP contribution in [0.5, 0.6) is 0 Å². The Kier molecular flexibility index (Phi) is 41.7. The molecule has 0 aliphatic rings. The van der Waals surface area contributed by atoms with E-state index in [1.165, 1.54) is 25.7 Å². The van der Waals surface area contributed by atoms with Gasteiger partial charge in [-0.15, -0.1) is 0 Å². The van der Waals surface area contributed by atoms with Crippen molar-refractivity contribution in [1.82, 2.24) is 0 Å². The van der Waals surface area contributed by atoms with Crippen LogP contribution >= 0.6 is 15.6 Å². The number of aliphatic hydroxyl groups excluding tert-OH is 1. The lowest BCUT2D eigenvalue weighted by molar-refractivity contribution is -0.161. The molecule has 0 aromatic carbocycles. The summed E-state index contributed by atoms with van der Waals surface area (Å²) in [7, 11) is -9.83. The lowest BCUT2D eigenvalue weighted by Crippen LogP contribution is -2.30. The van der Waals surface area contributed by atoms with E-state index >= 15 is 0 Å². The van der Waals surface area contributed by atoms with Gasteiger partial charge in [0.05, 0.1) is 26.4 Å². The average molecular weight is 1000 g/mol. The molecule has 19 heteroatoms. The van der Waals surface area contributed by atoms with Gasteiger partial charge in [-0.25, -0.2) is 9.13 Å². The van der Waals surface area contributed by atoms with Crippen LogP contribution in [0, 0.1) is 5.92 Å². The number of phosphoric ester groups is 2. The molecule has 0 aromatic heterocycles. The molecule has 0 amide bonds. The maximum absolute atomic E-state index is 12.8. The zero-order valence-corrected chi connectivity index (χ0v) is 43.8. The standard InChI is InChI=1S/C48H92O17P2/c1-6-10-13-16-17-23-27-32-46(51)59-38-44(65-48(53)34-29-24-19-18-22-25-30-41(5)9-4)40-63-67(56,57)61-36-42(49)35-60-66(54,55)62-39-43(64-47(52)33-28-21-15-12-8-3)37-58-45(50)31-26-20-14-11-7-2/h41-44,49H,6-40H2,1-5H3,(H,54,55)(H,56,57)/t41?,42-,43+,44+/m0/s1. The second-order valence-corrected chi connectivity index (χ2v) is 20.6. The zero-order valence-electron chi connectivity index (χ0n) is 42.0. The molecule has 0 heterocycles. The SMILES string of the molecule is CCCCCCCCCC(=O)OC[C@H](COP(=O)(O)OC[C@@H](O)COP(=O)(O)OC[C@@H](COC(=O)CCCCCCC)OC(=O)CCCCCCC)OC(=O)CCCCCCCCC(C)CC. The molecule has 0 aromatic rings. The molecule has 0 radical (unpaired) electrons. The van der Waals surface area contributed by atoms with Gasteiger partial charge < -0.3 is 33.8 Å². The Hall–Kier alpha value is -1.94. The molecule has 3 unspecified atom stereocenters. The van der Waals surface area contributed by atoms with Crippen molar-refractivity contribution in [3.05, 3.63) is 0 Å². The third-order valence-electron chi connectivity index (χ3n) is 11.1. The Balaban J connectivity index is 5.15. The molecular weight excluding hydrogens is 910 g/mol. The fourth-order valence-electron chi connectivity index (χ4n) is 6.72. The Morgan fingerprint density at radius 1 is 0.418 bits per heavy atom. The molecule has 0 aliphatic carbocycles. The number of aliphatic hydroxyl groups is 1. The van der Waals surface area contributed by atoms with Gasteiger partial charge in [0, 0.05) is 25.7 Å². The Labute approximate surface area is 403 Å². The molecule has 0 fully saturated rings. The number of hydrogen-bond donors (Lipinski definition) is 3. The molecule has 0 saturated carbocycles. The number of ether oxygens (including phenoxy) is 4. The van der Waals surface area contributed by atoms with Crippen LogP contribution in [-0.4, -0.2) is 96.7 Å². The fourth-order valence-corrected chi connectivity index (χ4v) is 8.30. The minimum absolute atomic E-state index is 0.0983. The summed E-state index contributed by atoms with van der Waals surface area (Å²) in [6.45, 7) is 6.78. The molecule has 0 aliphatic heterocycles. The van der Waals surface area contributed by atoms with E-state index in [1.54, 1.807) is 0 Å². The molecule has 0 spiro atoms. The summed E-state index contributed by atoms with van der Waals surface area (Å²) in [6, 6.07) is 0. The van der Waals surface area contributed by atoms with E-state index < -0.39 is 97.5 Å². The first-order valence-corrected chi connectivity index (χ1v) is 28.7. The summed E-state index contributed by atoms with van der Waals surface area (Å²) in [5.74, 6) is -1.47. The van der Waals surface area contributed by atoms with E-state index in [9.17, 15) is 43.2 Å². The molecule has 6 atom stereocenters. The topological polar surface area (TPSA) is 237 Å². The van der Waals surface area contributed by atoms with Crippen LogP contribution < -0.4 is 0 Å². The number of unbranched alkanes of at least 4 members (excludes halogenated alkanes) is 19. The first kappa shape index (κ1) is 65.1. The van der Waals surface area contributed by atoms with Crippen molar-refractivity contribution in [3.8, 4) is 0 Å². The number of carbonyl (C=O) groups is 4. The van der Waals surface area contributed by atoms with E-state index in [0.717, 1.165) is 115 Å². The van der Waals surface area contributed by atoms with Gasteiger partial charge in [0.1, 0.15) is 19.3 Å². The Morgan fingerprint density at radius 3 is 1.06 bits per heavy atom. The molecular formula is C48H92O17P2. The van der Waals surface area contributed by atoms with E-state index in [0.29, 0.717) is 25.7 Å². The van der Waals surface area contributed by atoms with Crippen molar-refractivity contribution >= 4 is 39.5 Å². The number of phosphoric acid groups is 2. The minimum atomic E-state index is -4.92. The second-order valence-electron chi connectivity index (χ2n) is 17.7. The van der Waals surface area contributed by atoms with Crippen molar-refractivity contribution in [2.75, 3.05) is 39.6 Å². The van der Waals surface area contributed by atoms with E-state index in [4.69, 9.17) is 37.0 Å². The van der Waals surface area contributed by atoms with Crippen molar-refractivity contribution in [2.45, 2.75) is 239 Å². The second kappa shape index (κ2) is 42.9. The van der Waals surface area contributed by atoms with Crippen LogP contribution in [0.1, 0.15) is 221 Å². The van der Waals surface area contributed by atoms with Gasteiger partial charge in [0.25, 0.3) is 0 Å². The van der Waals surface area contributed by atoms with Crippen molar-refractivity contribution in [1.29, 1.82) is 0 Å². The third kappa shape index (κ3) is 42.6. The molecule has 0 rings (SSSR count). The van der Waals surface area contributed by atoms with Gasteiger partial charge in [-0.2, -0.15) is 0 Å².